The van der Waals surface area contributed by atoms with E-state index in [1.807, 2.05) is 12.1 Å². The molecule has 0 heterocycles. The van der Waals surface area contributed by atoms with E-state index in [1.54, 1.807) is 0 Å². The molecule has 0 aliphatic heterocycles. The van der Waals surface area contributed by atoms with E-state index < -0.39 is 0 Å². The molecule has 0 amide bonds. The lowest BCUT2D eigenvalue weighted by atomic mass is 10.1. The molecule has 0 unspecified atom stereocenters. The normalized spacial score (nSPS) is 9.67. The van der Waals surface area contributed by atoms with Crippen molar-refractivity contribution in [1.82, 2.24) is 0 Å². The van der Waals surface area contributed by atoms with Crippen LogP contribution in [0.4, 0.5) is 0 Å². The third-order valence-corrected chi connectivity index (χ3v) is 2.97. The summed E-state index contributed by atoms with van der Waals surface area (Å²) in [5.74, 6) is 6.39. The quantitative estimate of drug-likeness (QED) is 0.687. The molecule has 0 heteroatoms. The van der Waals surface area contributed by atoms with Crippen LogP contribution >= 0.6 is 0 Å². The highest BCUT2D eigenvalue weighted by atomic mass is 14.0. The summed E-state index contributed by atoms with van der Waals surface area (Å²) in [6.45, 7) is 4.30. The highest BCUT2D eigenvalue weighted by molar-refractivity contribution is 5.44. The van der Waals surface area contributed by atoms with Gasteiger partial charge in [-0.1, -0.05) is 43.9 Å². The van der Waals surface area contributed by atoms with Crippen LogP contribution in [-0.2, 0) is 12.8 Å². The van der Waals surface area contributed by atoms with Crippen molar-refractivity contribution >= 4 is 0 Å². The van der Waals surface area contributed by atoms with Gasteiger partial charge in [0.2, 0.25) is 0 Å². The van der Waals surface area contributed by atoms with Crippen molar-refractivity contribution in [3.8, 4) is 11.8 Å². The van der Waals surface area contributed by atoms with Crippen molar-refractivity contribution in [2.75, 3.05) is 0 Å². The molecular formula is C18H17. The zero-order valence-electron chi connectivity index (χ0n) is 11.0. The van der Waals surface area contributed by atoms with Crippen LogP contribution in [0.2, 0.25) is 0 Å². The van der Waals surface area contributed by atoms with Crippen LogP contribution < -0.4 is 0 Å². The summed E-state index contributed by atoms with van der Waals surface area (Å²) in [6, 6.07) is 17.7. The van der Waals surface area contributed by atoms with E-state index in [0.29, 0.717) is 0 Å². The highest BCUT2D eigenvalue weighted by Gasteiger charge is 1.92. The van der Waals surface area contributed by atoms with Crippen molar-refractivity contribution in [1.29, 1.82) is 0 Å². The van der Waals surface area contributed by atoms with Crippen molar-refractivity contribution in [2.24, 2.45) is 0 Å². The molecule has 0 saturated carbocycles. The fourth-order valence-corrected chi connectivity index (χ4v) is 1.77. The zero-order chi connectivity index (χ0) is 12.8. The standard InChI is InChI=1S/C18H17/c1-3-15-8-10-17(11-9-15)12-13-18-7-5-6-16(4-2)14-18/h6-11,14H,3-4H2,1-2H3. The van der Waals surface area contributed by atoms with Crippen LogP contribution in [0.25, 0.3) is 0 Å². The molecule has 0 spiro atoms. The van der Waals surface area contributed by atoms with Gasteiger partial charge in [0, 0.05) is 11.1 Å². The fourth-order valence-electron chi connectivity index (χ4n) is 1.77. The van der Waals surface area contributed by atoms with Gasteiger partial charge in [-0.05, 0) is 54.3 Å². The monoisotopic (exact) mass is 233 g/mol. The average Bonchev–Trinajstić information content (AvgIpc) is 2.46. The van der Waals surface area contributed by atoms with Crippen molar-refractivity contribution in [2.45, 2.75) is 26.7 Å². The van der Waals surface area contributed by atoms with Gasteiger partial charge in [-0.3, -0.25) is 0 Å². The molecule has 2 aromatic carbocycles. The molecule has 0 saturated heterocycles. The lowest BCUT2D eigenvalue weighted by Gasteiger charge is -1.97. The van der Waals surface area contributed by atoms with Gasteiger partial charge in [0.05, 0.1) is 0 Å². The Labute approximate surface area is 110 Å². The third-order valence-electron chi connectivity index (χ3n) is 2.97. The molecule has 1 radical (unpaired) electrons. The van der Waals surface area contributed by atoms with Gasteiger partial charge in [0.25, 0.3) is 0 Å². The highest BCUT2D eigenvalue weighted by Crippen LogP contribution is 2.06. The molecule has 0 atom stereocenters. The Kier molecular flexibility index (Phi) is 4.20. The van der Waals surface area contributed by atoms with Gasteiger partial charge in [-0.25, -0.2) is 0 Å². The Morgan fingerprint density at radius 3 is 2.17 bits per heavy atom. The maximum Gasteiger partial charge on any atom is 0.0257 e. The van der Waals surface area contributed by atoms with E-state index in [0.717, 1.165) is 24.0 Å². The Hall–Kier alpha value is -2.00. The van der Waals surface area contributed by atoms with Crippen LogP contribution in [0, 0.1) is 17.9 Å². The molecule has 0 N–H and O–H groups in total. The summed E-state index contributed by atoms with van der Waals surface area (Å²) in [5, 5.41) is 0. The SMILES string of the molecule is CCc1ccc(C#Cc2c[c]cc(CC)c2)cc1. The number of rotatable bonds is 2. The van der Waals surface area contributed by atoms with Crippen LogP contribution in [-0.4, -0.2) is 0 Å². The lowest BCUT2D eigenvalue weighted by Crippen LogP contribution is -1.83. The van der Waals surface area contributed by atoms with E-state index in [-0.39, 0.29) is 0 Å². The van der Waals surface area contributed by atoms with Crippen molar-refractivity contribution in [3.05, 3.63) is 70.8 Å². The van der Waals surface area contributed by atoms with Crippen molar-refractivity contribution in [3.63, 3.8) is 0 Å². The Balaban J connectivity index is 2.19. The van der Waals surface area contributed by atoms with Gasteiger partial charge in [0.15, 0.2) is 0 Å². The first-order valence-electron chi connectivity index (χ1n) is 6.42. The molecule has 0 fully saturated rings. The molecular weight excluding hydrogens is 216 g/mol. The minimum Gasteiger partial charge on any atom is -0.0617 e. The molecule has 18 heavy (non-hydrogen) atoms. The molecule has 0 aromatic heterocycles. The summed E-state index contributed by atoms with van der Waals surface area (Å²) in [4.78, 5) is 0. The maximum atomic E-state index is 3.19. The van der Waals surface area contributed by atoms with E-state index >= 15 is 0 Å². The predicted molar refractivity (Wildman–Crippen MR) is 76.5 cm³/mol. The Morgan fingerprint density at radius 2 is 1.50 bits per heavy atom. The van der Waals surface area contributed by atoms with E-state index in [4.69, 9.17) is 0 Å². The predicted octanol–water partition coefficient (Wildman–Crippen LogP) is 4.01. The van der Waals surface area contributed by atoms with E-state index in [1.165, 1.54) is 11.1 Å². The smallest absolute Gasteiger partial charge is 0.0257 e. The van der Waals surface area contributed by atoms with Gasteiger partial charge in [-0.2, -0.15) is 0 Å². The van der Waals surface area contributed by atoms with Crippen molar-refractivity contribution < 1.29 is 0 Å². The molecule has 0 nitrogen and oxygen atoms in total. The first kappa shape index (κ1) is 12.5. The number of hydrogen-bond acceptors (Lipinski definition) is 0. The van der Waals surface area contributed by atoms with E-state index in [9.17, 15) is 0 Å². The summed E-state index contributed by atoms with van der Waals surface area (Å²) in [7, 11) is 0. The summed E-state index contributed by atoms with van der Waals surface area (Å²) >= 11 is 0. The second-order valence-electron chi connectivity index (χ2n) is 4.28. The minimum atomic E-state index is 1.03. The van der Waals surface area contributed by atoms with Crippen LogP contribution in [0.1, 0.15) is 36.1 Å². The van der Waals surface area contributed by atoms with Crippen LogP contribution in [0.3, 0.4) is 0 Å². The second kappa shape index (κ2) is 6.07. The Bertz CT molecular complexity index is 565. The average molecular weight is 233 g/mol. The summed E-state index contributed by atoms with van der Waals surface area (Å²) in [6.07, 6.45) is 2.10. The molecule has 0 aliphatic rings. The Morgan fingerprint density at radius 1 is 0.833 bits per heavy atom. The van der Waals surface area contributed by atoms with Gasteiger partial charge in [0.1, 0.15) is 0 Å². The van der Waals surface area contributed by atoms with Crippen LogP contribution in [0.15, 0.2) is 42.5 Å². The van der Waals surface area contributed by atoms with Gasteiger partial charge >= 0.3 is 0 Å². The van der Waals surface area contributed by atoms with E-state index in [2.05, 4.69) is 62.1 Å². The maximum absolute atomic E-state index is 3.19. The van der Waals surface area contributed by atoms with Crippen LogP contribution in [0.5, 0.6) is 0 Å². The van der Waals surface area contributed by atoms with Gasteiger partial charge in [-0.15, -0.1) is 0 Å². The topological polar surface area (TPSA) is 0 Å². The number of hydrogen-bond donors (Lipinski definition) is 0. The largest absolute Gasteiger partial charge is 0.0617 e. The van der Waals surface area contributed by atoms with Gasteiger partial charge < -0.3 is 0 Å². The fraction of sp³-hybridized carbons (Fsp3) is 0.222. The minimum absolute atomic E-state index is 1.03. The number of benzene rings is 2. The first-order valence-corrected chi connectivity index (χ1v) is 6.42. The summed E-state index contributed by atoms with van der Waals surface area (Å²) < 4.78 is 0. The third kappa shape index (κ3) is 3.25. The summed E-state index contributed by atoms with van der Waals surface area (Å²) in [5.41, 5.74) is 4.73. The molecule has 0 bridgehead atoms. The molecule has 2 aromatic rings. The second-order valence-corrected chi connectivity index (χ2v) is 4.28. The molecule has 2 rings (SSSR count). The zero-order valence-corrected chi connectivity index (χ0v) is 11.0. The lowest BCUT2D eigenvalue weighted by molar-refractivity contribution is 1.14. The molecule has 89 valence electrons. The first-order chi connectivity index (χ1) is 8.81. The number of aryl methyl sites for hydroxylation is 2. The molecule has 0 aliphatic carbocycles.